The van der Waals surface area contributed by atoms with E-state index in [1.807, 2.05) is 11.8 Å². The van der Waals surface area contributed by atoms with E-state index < -0.39 is 0 Å². The molecule has 2 nitrogen and oxygen atoms in total. The summed E-state index contributed by atoms with van der Waals surface area (Å²) in [6.45, 7) is 3.66. The second-order valence-corrected chi connectivity index (χ2v) is 6.66. The molecular formula is C16H24N2S. The molecule has 1 N–H and O–H groups in total. The molecule has 0 bridgehead atoms. The molecule has 0 spiro atoms. The first-order valence-corrected chi connectivity index (χ1v) is 8.68. The van der Waals surface area contributed by atoms with Crippen LogP contribution in [0.3, 0.4) is 0 Å². The van der Waals surface area contributed by atoms with E-state index in [1.165, 1.54) is 49.2 Å². The zero-order chi connectivity index (χ0) is 13.1. The Morgan fingerprint density at radius 1 is 1.21 bits per heavy atom. The number of rotatable bonds is 4. The topological polar surface area (TPSA) is 15.3 Å². The zero-order valence-electron chi connectivity index (χ0n) is 11.8. The molecule has 1 aromatic carbocycles. The smallest absolute Gasteiger partial charge is 0.0208 e. The molecule has 2 heterocycles. The molecule has 3 heteroatoms. The van der Waals surface area contributed by atoms with Crippen molar-refractivity contribution in [3.63, 3.8) is 0 Å². The third kappa shape index (κ3) is 3.33. The molecule has 0 amide bonds. The Morgan fingerprint density at radius 3 is 2.84 bits per heavy atom. The van der Waals surface area contributed by atoms with Gasteiger partial charge in [-0.05, 0) is 62.7 Å². The predicted octanol–water partition coefficient (Wildman–Crippen LogP) is 3.12. The van der Waals surface area contributed by atoms with Gasteiger partial charge >= 0.3 is 0 Å². The lowest BCUT2D eigenvalue weighted by molar-refractivity contribution is 0.166. The third-order valence-corrected chi connectivity index (χ3v) is 5.32. The number of thioether (sulfide) groups is 1. The first kappa shape index (κ1) is 13.5. The van der Waals surface area contributed by atoms with Crippen molar-refractivity contribution in [3.8, 4) is 0 Å². The molecule has 2 unspecified atom stereocenters. The fourth-order valence-corrected chi connectivity index (χ4v) is 3.82. The Kier molecular flexibility index (Phi) is 4.46. The first-order valence-electron chi connectivity index (χ1n) is 7.45. The van der Waals surface area contributed by atoms with Crippen LogP contribution in [0.5, 0.6) is 0 Å². The highest BCUT2D eigenvalue weighted by atomic mass is 32.2. The highest BCUT2D eigenvalue weighted by Crippen LogP contribution is 2.27. The van der Waals surface area contributed by atoms with Gasteiger partial charge in [0.05, 0.1) is 0 Å². The molecule has 2 fully saturated rings. The average molecular weight is 276 g/mol. The van der Waals surface area contributed by atoms with E-state index >= 15 is 0 Å². The molecule has 2 atom stereocenters. The largest absolute Gasteiger partial charge is 0.310 e. The van der Waals surface area contributed by atoms with Crippen LogP contribution in [0.15, 0.2) is 29.2 Å². The van der Waals surface area contributed by atoms with Crippen molar-refractivity contribution in [1.29, 1.82) is 0 Å². The molecule has 2 saturated heterocycles. The highest BCUT2D eigenvalue weighted by Gasteiger charge is 2.31. The van der Waals surface area contributed by atoms with E-state index in [0.717, 1.165) is 18.6 Å². The maximum Gasteiger partial charge on any atom is 0.0208 e. The molecule has 2 aliphatic rings. The molecule has 1 aromatic rings. The van der Waals surface area contributed by atoms with Gasteiger partial charge in [0.2, 0.25) is 0 Å². The minimum Gasteiger partial charge on any atom is -0.310 e. The number of fused-ring (bicyclic) bond motifs is 1. The van der Waals surface area contributed by atoms with Crippen LogP contribution in [0, 0.1) is 0 Å². The van der Waals surface area contributed by atoms with Crippen LogP contribution in [-0.4, -0.2) is 36.3 Å². The summed E-state index contributed by atoms with van der Waals surface area (Å²) in [5.74, 6) is 0. The van der Waals surface area contributed by atoms with Crippen molar-refractivity contribution in [1.82, 2.24) is 10.2 Å². The van der Waals surface area contributed by atoms with Crippen molar-refractivity contribution in [3.05, 3.63) is 29.8 Å². The van der Waals surface area contributed by atoms with Crippen LogP contribution in [0.4, 0.5) is 0 Å². The summed E-state index contributed by atoms with van der Waals surface area (Å²) >= 11 is 1.81. The Balaban J connectivity index is 1.49. The van der Waals surface area contributed by atoms with Crippen molar-refractivity contribution < 1.29 is 0 Å². The molecule has 0 saturated carbocycles. The number of hydrogen-bond acceptors (Lipinski definition) is 3. The van der Waals surface area contributed by atoms with Gasteiger partial charge in [-0.15, -0.1) is 11.8 Å². The van der Waals surface area contributed by atoms with Gasteiger partial charge in [-0.3, -0.25) is 0 Å². The van der Waals surface area contributed by atoms with Crippen LogP contribution in [-0.2, 0) is 6.54 Å². The van der Waals surface area contributed by atoms with Gasteiger partial charge in [0.25, 0.3) is 0 Å². The second kappa shape index (κ2) is 6.29. The van der Waals surface area contributed by atoms with E-state index in [4.69, 9.17) is 0 Å². The molecular weight excluding hydrogens is 252 g/mol. The summed E-state index contributed by atoms with van der Waals surface area (Å²) in [7, 11) is 0. The summed E-state index contributed by atoms with van der Waals surface area (Å²) in [6, 6.07) is 10.5. The fraction of sp³-hybridized carbons (Fsp3) is 0.625. The summed E-state index contributed by atoms with van der Waals surface area (Å²) in [6.07, 6.45) is 7.62. The van der Waals surface area contributed by atoms with E-state index in [9.17, 15) is 0 Å². The molecule has 104 valence electrons. The van der Waals surface area contributed by atoms with Gasteiger partial charge in [0, 0.05) is 23.5 Å². The van der Waals surface area contributed by atoms with E-state index in [-0.39, 0.29) is 0 Å². The Morgan fingerprint density at radius 2 is 2.05 bits per heavy atom. The molecule has 3 rings (SSSR count). The maximum atomic E-state index is 3.75. The second-order valence-electron chi connectivity index (χ2n) is 5.78. The number of benzene rings is 1. The van der Waals surface area contributed by atoms with Gasteiger partial charge < -0.3 is 10.2 Å². The van der Waals surface area contributed by atoms with E-state index in [2.05, 4.69) is 40.7 Å². The minimum atomic E-state index is 0.722. The molecule has 0 aromatic heterocycles. The maximum absolute atomic E-state index is 3.75. The summed E-state index contributed by atoms with van der Waals surface area (Å²) in [5.41, 5.74) is 1.41. The molecule has 19 heavy (non-hydrogen) atoms. The number of nitrogens with zero attached hydrogens (tertiary/aromatic N) is 1. The third-order valence-electron chi connectivity index (χ3n) is 4.57. The van der Waals surface area contributed by atoms with Gasteiger partial charge in [-0.2, -0.15) is 0 Å². The quantitative estimate of drug-likeness (QED) is 0.851. The summed E-state index contributed by atoms with van der Waals surface area (Å²) in [4.78, 5) is 4.04. The van der Waals surface area contributed by atoms with E-state index in [1.54, 1.807) is 0 Å². The SMILES string of the molecule is CSc1ccc(CNC2CCN3CCCC3C2)cc1. The highest BCUT2D eigenvalue weighted by molar-refractivity contribution is 7.98. The van der Waals surface area contributed by atoms with Crippen molar-refractivity contribution in [2.45, 2.75) is 49.2 Å². The van der Waals surface area contributed by atoms with Crippen LogP contribution < -0.4 is 5.32 Å². The summed E-state index contributed by atoms with van der Waals surface area (Å²) in [5, 5.41) is 3.75. The minimum absolute atomic E-state index is 0.722. The van der Waals surface area contributed by atoms with Crippen molar-refractivity contribution in [2.75, 3.05) is 19.3 Å². The Hall–Kier alpha value is -0.510. The lowest BCUT2D eigenvalue weighted by Gasteiger charge is -2.35. The lowest BCUT2D eigenvalue weighted by atomic mass is 9.97. The summed E-state index contributed by atoms with van der Waals surface area (Å²) < 4.78 is 0. The zero-order valence-corrected chi connectivity index (χ0v) is 12.6. The number of hydrogen-bond donors (Lipinski definition) is 1. The fourth-order valence-electron chi connectivity index (χ4n) is 3.42. The van der Waals surface area contributed by atoms with Crippen molar-refractivity contribution in [2.24, 2.45) is 0 Å². The number of nitrogens with one attached hydrogen (secondary N) is 1. The van der Waals surface area contributed by atoms with Crippen LogP contribution in [0.1, 0.15) is 31.2 Å². The Labute approximate surface area is 121 Å². The van der Waals surface area contributed by atoms with Crippen LogP contribution in [0.25, 0.3) is 0 Å². The standard InChI is InChI=1S/C16H24N2S/c1-19-16-6-4-13(5-7-16)12-17-14-8-10-18-9-2-3-15(18)11-14/h4-7,14-15,17H,2-3,8-12H2,1H3. The lowest BCUT2D eigenvalue weighted by Crippen LogP contribution is -2.45. The number of piperidine rings is 1. The first-order chi connectivity index (χ1) is 9.35. The Bertz CT molecular complexity index is 404. The van der Waals surface area contributed by atoms with Crippen LogP contribution in [0.2, 0.25) is 0 Å². The van der Waals surface area contributed by atoms with Gasteiger partial charge in [0.1, 0.15) is 0 Å². The van der Waals surface area contributed by atoms with Crippen LogP contribution >= 0.6 is 11.8 Å². The predicted molar refractivity (Wildman–Crippen MR) is 82.7 cm³/mol. The average Bonchev–Trinajstić information content (AvgIpc) is 2.93. The molecule has 0 aliphatic carbocycles. The molecule has 0 radical (unpaired) electrons. The monoisotopic (exact) mass is 276 g/mol. The normalized spacial score (nSPS) is 27.4. The van der Waals surface area contributed by atoms with Gasteiger partial charge in [0.15, 0.2) is 0 Å². The van der Waals surface area contributed by atoms with Gasteiger partial charge in [-0.25, -0.2) is 0 Å². The van der Waals surface area contributed by atoms with E-state index in [0.29, 0.717) is 0 Å². The molecule has 2 aliphatic heterocycles. The van der Waals surface area contributed by atoms with Crippen molar-refractivity contribution >= 4 is 11.8 Å². The van der Waals surface area contributed by atoms with Gasteiger partial charge in [-0.1, -0.05) is 12.1 Å².